The first-order valence-electron chi connectivity index (χ1n) is 8.35. The minimum absolute atomic E-state index is 0.162. The molecule has 28 heavy (non-hydrogen) atoms. The molecule has 0 bridgehead atoms. The van der Waals surface area contributed by atoms with Crippen molar-refractivity contribution in [1.29, 1.82) is 0 Å². The minimum atomic E-state index is -4.63. The van der Waals surface area contributed by atoms with Crippen molar-refractivity contribution in [3.8, 4) is 11.1 Å². The van der Waals surface area contributed by atoms with Crippen LogP contribution in [0.4, 0.5) is 24.5 Å². The van der Waals surface area contributed by atoms with E-state index in [0.29, 0.717) is 5.69 Å². The smallest absolute Gasteiger partial charge is 0.417 e. The molecule has 4 rings (SSSR count). The van der Waals surface area contributed by atoms with Crippen molar-refractivity contribution >= 4 is 22.5 Å². The normalized spacial score (nSPS) is 11.5. The Morgan fingerprint density at radius 2 is 1.61 bits per heavy atom. The van der Waals surface area contributed by atoms with E-state index in [0.717, 1.165) is 6.07 Å². The van der Waals surface area contributed by atoms with Gasteiger partial charge in [-0.2, -0.15) is 13.2 Å². The van der Waals surface area contributed by atoms with Crippen LogP contribution in [0, 0.1) is 0 Å². The van der Waals surface area contributed by atoms with Gasteiger partial charge in [0.15, 0.2) is 5.58 Å². The second kappa shape index (κ2) is 6.84. The predicted octanol–water partition coefficient (Wildman–Crippen LogP) is 5.62. The number of halogens is 3. The van der Waals surface area contributed by atoms with Crippen LogP contribution in [0.1, 0.15) is 5.56 Å². The van der Waals surface area contributed by atoms with Crippen LogP contribution in [-0.2, 0) is 6.18 Å². The number of aromatic nitrogens is 1. The van der Waals surface area contributed by atoms with Gasteiger partial charge in [-0.3, -0.25) is 4.98 Å². The molecule has 2 aromatic carbocycles. The number of hydrogen-bond donors (Lipinski definition) is 1. The van der Waals surface area contributed by atoms with Crippen molar-refractivity contribution in [1.82, 2.24) is 4.98 Å². The number of hydrogen-bond acceptors (Lipinski definition) is 4. The molecule has 140 valence electrons. The van der Waals surface area contributed by atoms with E-state index in [9.17, 15) is 18.0 Å². The fourth-order valence-corrected chi connectivity index (χ4v) is 3.01. The van der Waals surface area contributed by atoms with Gasteiger partial charge in [-0.15, -0.1) is 0 Å². The molecular formula is C21H13F3N2O2. The molecule has 0 spiro atoms. The fourth-order valence-electron chi connectivity index (χ4n) is 3.01. The predicted molar refractivity (Wildman–Crippen MR) is 100 cm³/mol. The number of rotatable bonds is 3. The Morgan fingerprint density at radius 3 is 2.36 bits per heavy atom. The molecule has 4 nitrogen and oxygen atoms in total. The number of nitrogens with one attached hydrogen (secondary N) is 1. The molecular weight excluding hydrogens is 369 g/mol. The number of anilines is 2. The third-order valence-corrected chi connectivity index (χ3v) is 4.21. The maximum Gasteiger partial charge on any atom is 0.417 e. The van der Waals surface area contributed by atoms with Crippen LogP contribution in [0.2, 0.25) is 0 Å². The molecule has 2 aromatic heterocycles. The highest BCUT2D eigenvalue weighted by molar-refractivity contribution is 5.97. The monoisotopic (exact) mass is 382 g/mol. The Morgan fingerprint density at radius 1 is 0.893 bits per heavy atom. The third kappa shape index (κ3) is 3.22. The van der Waals surface area contributed by atoms with Crippen molar-refractivity contribution in [2.75, 3.05) is 5.32 Å². The number of pyridine rings is 1. The third-order valence-electron chi connectivity index (χ3n) is 4.21. The van der Waals surface area contributed by atoms with Crippen LogP contribution in [0.15, 0.2) is 82.1 Å². The maximum atomic E-state index is 13.6. The van der Waals surface area contributed by atoms with Gasteiger partial charge in [0.25, 0.3) is 0 Å². The van der Waals surface area contributed by atoms with Crippen molar-refractivity contribution in [2.45, 2.75) is 6.18 Å². The van der Waals surface area contributed by atoms with E-state index in [1.165, 1.54) is 24.4 Å². The number of para-hydroxylation sites is 1. The van der Waals surface area contributed by atoms with E-state index in [1.807, 2.05) is 0 Å². The summed E-state index contributed by atoms with van der Waals surface area (Å²) in [4.78, 5) is 16.9. The molecule has 0 amide bonds. The average Bonchev–Trinajstić information content (AvgIpc) is 2.68. The molecule has 0 fully saturated rings. The quantitative estimate of drug-likeness (QED) is 0.500. The summed E-state index contributed by atoms with van der Waals surface area (Å²) in [6.45, 7) is 0. The highest BCUT2D eigenvalue weighted by Gasteiger charge is 2.35. The van der Waals surface area contributed by atoms with Crippen molar-refractivity contribution in [2.24, 2.45) is 0 Å². The molecule has 0 unspecified atom stereocenters. The highest BCUT2D eigenvalue weighted by atomic mass is 19.4. The number of alkyl halides is 3. The van der Waals surface area contributed by atoms with Gasteiger partial charge >= 0.3 is 11.8 Å². The van der Waals surface area contributed by atoms with Crippen LogP contribution in [0.3, 0.4) is 0 Å². The lowest BCUT2D eigenvalue weighted by molar-refractivity contribution is -0.137. The molecule has 2 heterocycles. The van der Waals surface area contributed by atoms with Gasteiger partial charge in [-0.25, -0.2) is 4.79 Å². The lowest BCUT2D eigenvalue weighted by Gasteiger charge is -2.17. The Kier molecular flexibility index (Phi) is 4.35. The standard InChI is InChI=1S/C21H13F3N2O2/c22-21(23,24)15-10-5-4-9-14(15)17-19(26-13-7-2-1-3-8-13)18-16(28-20(17)27)11-6-12-25-18/h1-12,26H. The molecule has 0 aliphatic rings. The van der Waals surface area contributed by atoms with E-state index in [1.54, 1.807) is 42.5 Å². The van der Waals surface area contributed by atoms with Gasteiger partial charge in [0.1, 0.15) is 5.52 Å². The summed E-state index contributed by atoms with van der Waals surface area (Å²) in [5, 5.41) is 3.04. The number of benzene rings is 2. The largest absolute Gasteiger partial charge is 0.420 e. The molecule has 7 heteroatoms. The fraction of sp³-hybridized carbons (Fsp3) is 0.0476. The van der Waals surface area contributed by atoms with E-state index in [2.05, 4.69) is 10.3 Å². The zero-order valence-corrected chi connectivity index (χ0v) is 14.3. The molecule has 1 N–H and O–H groups in total. The maximum absolute atomic E-state index is 13.6. The number of nitrogens with zero attached hydrogens (tertiary/aromatic N) is 1. The second-order valence-corrected chi connectivity index (χ2v) is 6.02. The van der Waals surface area contributed by atoms with Gasteiger partial charge in [-0.1, -0.05) is 36.4 Å². The molecule has 0 saturated carbocycles. The summed E-state index contributed by atoms with van der Waals surface area (Å²) >= 11 is 0. The zero-order valence-electron chi connectivity index (χ0n) is 14.3. The summed E-state index contributed by atoms with van der Waals surface area (Å²) < 4.78 is 46.0. The lowest BCUT2D eigenvalue weighted by Crippen LogP contribution is -2.13. The van der Waals surface area contributed by atoms with Crippen LogP contribution >= 0.6 is 0 Å². The van der Waals surface area contributed by atoms with E-state index >= 15 is 0 Å². The molecule has 0 radical (unpaired) electrons. The first-order valence-corrected chi connectivity index (χ1v) is 8.35. The first-order chi connectivity index (χ1) is 13.4. The second-order valence-electron chi connectivity index (χ2n) is 6.02. The molecule has 4 aromatic rings. The van der Waals surface area contributed by atoms with Crippen molar-refractivity contribution in [3.63, 3.8) is 0 Å². The van der Waals surface area contributed by atoms with Gasteiger partial charge in [0, 0.05) is 17.4 Å². The Balaban J connectivity index is 2.06. The van der Waals surface area contributed by atoms with E-state index < -0.39 is 17.4 Å². The minimum Gasteiger partial charge on any atom is -0.420 e. The van der Waals surface area contributed by atoms with Crippen LogP contribution in [0.25, 0.3) is 22.2 Å². The Labute approximate surface area is 157 Å². The Bertz CT molecular complexity index is 1200. The summed E-state index contributed by atoms with van der Waals surface area (Å²) in [5.74, 6) is 0. The topological polar surface area (TPSA) is 55.1 Å². The van der Waals surface area contributed by atoms with Gasteiger partial charge < -0.3 is 9.73 Å². The molecule has 0 aliphatic heterocycles. The summed E-state index contributed by atoms with van der Waals surface area (Å²) in [6, 6.07) is 16.9. The van der Waals surface area contributed by atoms with Crippen LogP contribution in [-0.4, -0.2) is 4.98 Å². The summed E-state index contributed by atoms with van der Waals surface area (Å²) in [7, 11) is 0. The van der Waals surface area contributed by atoms with Crippen LogP contribution < -0.4 is 10.9 Å². The van der Waals surface area contributed by atoms with Crippen molar-refractivity contribution < 1.29 is 17.6 Å². The van der Waals surface area contributed by atoms with Gasteiger partial charge in [0.05, 0.1) is 16.8 Å². The number of fused-ring (bicyclic) bond motifs is 1. The van der Waals surface area contributed by atoms with Crippen LogP contribution in [0.5, 0.6) is 0 Å². The highest BCUT2D eigenvalue weighted by Crippen LogP contribution is 2.40. The molecule has 0 saturated heterocycles. The van der Waals surface area contributed by atoms with Crippen molar-refractivity contribution in [3.05, 3.63) is 88.9 Å². The zero-order chi connectivity index (χ0) is 19.7. The summed E-state index contributed by atoms with van der Waals surface area (Å²) in [6.07, 6.45) is -3.15. The molecule has 0 atom stereocenters. The van der Waals surface area contributed by atoms with Gasteiger partial charge in [0.2, 0.25) is 0 Å². The lowest BCUT2D eigenvalue weighted by atomic mass is 9.98. The first kappa shape index (κ1) is 17.8. The van der Waals surface area contributed by atoms with E-state index in [-0.39, 0.29) is 27.9 Å². The Hall–Kier alpha value is -3.61. The van der Waals surface area contributed by atoms with E-state index in [4.69, 9.17) is 4.42 Å². The average molecular weight is 382 g/mol. The molecule has 0 aliphatic carbocycles. The van der Waals surface area contributed by atoms with Gasteiger partial charge in [-0.05, 0) is 30.3 Å². The summed E-state index contributed by atoms with van der Waals surface area (Å²) in [5.41, 5.74) is -1.08. The SMILES string of the molecule is O=c1oc2cccnc2c(Nc2ccccc2)c1-c1ccccc1C(F)(F)F.